The molecule has 0 radical (unpaired) electrons. The number of methoxy groups -OCH3 is 1. The zero-order chi connectivity index (χ0) is 12.1. The average molecular weight is 236 g/mol. The minimum absolute atomic E-state index is 0.542. The highest BCUT2D eigenvalue weighted by Crippen LogP contribution is 2.29. The van der Waals surface area contributed by atoms with Crippen LogP contribution in [0, 0.1) is 0 Å². The molecule has 0 aromatic carbocycles. The van der Waals surface area contributed by atoms with Crippen molar-refractivity contribution in [3.05, 3.63) is 18.3 Å². The van der Waals surface area contributed by atoms with Crippen molar-refractivity contribution >= 4 is 5.82 Å². The van der Waals surface area contributed by atoms with Gasteiger partial charge >= 0.3 is 0 Å². The second-order valence-corrected chi connectivity index (χ2v) is 4.69. The smallest absolute Gasteiger partial charge is 0.168 e. The van der Waals surface area contributed by atoms with Crippen LogP contribution in [0.25, 0.3) is 0 Å². The lowest BCUT2D eigenvalue weighted by Crippen LogP contribution is -2.39. The van der Waals surface area contributed by atoms with Gasteiger partial charge in [0.15, 0.2) is 11.6 Å². The van der Waals surface area contributed by atoms with Crippen molar-refractivity contribution in [3.63, 3.8) is 0 Å². The van der Waals surface area contributed by atoms with Gasteiger partial charge in [0, 0.05) is 12.7 Å². The summed E-state index contributed by atoms with van der Waals surface area (Å²) in [5, 5.41) is 13.6. The fraction of sp³-hybridized carbons (Fsp3) is 0.615. The first-order valence-corrected chi connectivity index (χ1v) is 6.19. The average Bonchev–Trinajstić information content (AvgIpc) is 2.38. The fourth-order valence-electron chi connectivity index (χ4n) is 2.32. The van der Waals surface area contributed by atoms with Crippen molar-refractivity contribution in [1.82, 2.24) is 4.98 Å². The zero-order valence-electron chi connectivity index (χ0n) is 10.3. The molecule has 1 heterocycles. The highest BCUT2D eigenvalue weighted by molar-refractivity contribution is 5.49. The molecule has 2 N–H and O–H groups in total. The third-order valence-electron chi connectivity index (χ3n) is 3.36. The largest absolute Gasteiger partial charge is 0.493 e. The summed E-state index contributed by atoms with van der Waals surface area (Å²) >= 11 is 0. The number of pyridine rings is 1. The summed E-state index contributed by atoms with van der Waals surface area (Å²) in [6, 6.07) is 3.69. The Hall–Kier alpha value is -1.29. The molecule has 0 unspecified atom stereocenters. The topological polar surface area (TPSA) is 54.4 Å². The second kappa shape index (κ2) is 5.36. The van der Waals surface area contributed by atoms with Crippen molar-refractivity contribution < 1.29 is 9.84 Å². The molecule has 1 aliphatic rings. The number of hydrogen-bond donors (Lipinski definition) is 2. The summed E-state index contributed by atoms with van der Waals surface area (Å²) in [7, 11) is 1.62. The van der Waals surface area contributed by atoms with E-state index in [-0.39, 0.29) is 0 Å². The lowest BCUT2D eigenvalue weighted by Gasteiger charge is -2.32. The van der Waals surface area contributed by atoms with Gasteiger partial charge < -0.3 is 15.2 Å². The summed E-state index contributed by atoms with van der Waals surface area (Å²) in [4.78, 5) is 4.22. The molecule has 17 heavy (non-hydrogen) atoms. The molecular weight excluding hydrogens is 216 g/mol. The van der Waals surface area contributed by atoms with Gasteiger partial charge in [-0.2, -0.15) is 0 Å². The van der Waals surface area contributed by atoms with E-state index in [1.807, 2.05) is 12.1 Å². The molecule has 1 aliphatic carbocycles. The third kappa shape index (κ3) is 3.09. The van der Waals surface area contributed by atoms with E-state index in [0.29, 0.717) is 18.1 Å². The SMILES string of the molecule is COc1cccnc1NCC1(O)CCCCC1. The van der Waals surface area contributed by atoms with Crippen LogP contribution < -0.4 is 10.1 Å². The zero-order valence-corrected chi connectivity index (χ0v) is 10.3. The van der Waals surface area contributed by atoms with Crippen molar-refractivity contribution in [2.75, 3.05) is 19.0 Å². The maximum atomic E-state index is 10.4. The maximum absolute atomic E-state index is 10.4. The quantitative estimate of drug-likeness (QED) is 0.841. The van der Waals surface area contributed by atoms with Gasteiger partial charge in [0.25, 0.3) is 0 Å². The number of aromatic nitrogens is 1. The van der Waals surface area contributed by atoms with Crippen LogP contribution in [0.2, 0.25) is 0 Å². The molecule has 0 bridgehead atoms. The molecule has 1 aromatic heterocycles. The second-order valence-electron chi connectivity index (χ2n) is 4.69. The predicted molar refractivity (Wildman–Crippen MR) is 67.3 cm³/mol. The molecule has 0 atom stereocenters. The summed E-state index contributed by atoms with van der Waals surface area (Å²) in [5.74, 6) is 1.42. The van der Waals surface area contributed by atoms with E-state index in [4.69, 9.17) is 4.74 Å². The Morgan fingerprint density at radius 3 is 2.88 bits per heavy atom. The number of hydrogen-bond acceptors (Lipinski definition) is 4. The summed E-state index contributed by atoms with van der Waals surface area (Å²) in [6.07, 6.45) is 6.91. The number of ether oxygens (including phenoxy) is 1. The lowest BCUT2D eigenvalue weighted by molar-refractivity contribution is 0.0166. The van der Waals surface area contributed by atoms with E-state index >= 15 is 0 Å². The molecule has 4 heteroatoms. The first kappa shape index (κ1) is 12.2. The Bertz CT molecular complexity index is 362. The van der Waals surface area contributed by atoms with Gasteiger partial charge in [-0.15, -0.1) is 0 Å². The van der Waals surface area contributed by atoms with Crippen LogP contribution in [0.15, 0.2) is 18.3 Å². The van der Waals surface area contributed by atoms with E-state index < -0.39 is 5.60 Å². The highest BCUT2D eigenvalue weighted by Gasteiger charge is 2.29. The first-order chi connectivity index (χ1) is 8.23. The van der Waals surface area contributed by atoms with Crippen LogP contribution >= 0.6 is 0 Å². The Morgan fingerprint density at radius 2 is 2.18 bits per heavy atom. The molecular formula is C13H20N2O2. The molecule has 1 aromatic rings. The molecule has 0 aliphatic heterocycles. The molecule has 0 amide bonds. The highest BCUT2D eigenvalue weighted by atomic mass is 16.5. The van der Waals surface area contributed by atoms with E-state index in [1.54, 1.807) is 13.3 Å². The summed E-state index contributed by atoms with van der Waals surface area (Å²) < 4.78 is 5.21. The van der Waals surface area contributed by atoms with Crippen molar-refractivity contribution in [2.24, 2.45) is 0 Å². The summed E-state index contributed by atoms with van der Waals surface area (Å²) in [5.41, 5.74) is -0.583. The fourth-order valence-corrected chi connectivity index (χ4v) is 2.32. The number of anilines is 1. The van der Waals surface area contributed by atoms with Gasteiger partial charge in [-0.3, -0.25) is 0 Å². The van der Waals surface area contributed by atoms with Crippen LogP contribution in [0.1, 0.15) is 32.1 Å². The van der Waals surface area contributed by atoms with Crippen molar-refractivity contribution in [3.8, 4) is 5.75 Å². The minimum Gasteiger partial charge on any atom is -0.493 e. The normalized spacial score (nSPS) is 18.7. The predicted octanol–water partition coefficient (Wildman–Crippen LogP) is 2.20. The Morgan fingerprint density at radius 1 is 1.41 bits per heavy atom. The monoisotopic (exact) mass is 236 g/mol. The Balaban J connectivity index is 1.96. The van der Waals surface area contributed by atoms with E-state index in [2.05, 4.69) is 10.3 Å². The van der Waals surface area contributed by atoms with Gasteiger partial charge in [0.1, 0.15) is 0 Å². The molecule has 0 saturated heterocycles. The van der Waals surface area contributed by atoms with Gasteiger partial charge in [-0.1, -0.05) is 19.3 Å². The summed E-state index contributed by atoms with van der Waals surface area (Å²) in [6.45, 7) is 0.542. The van der Waals surface area contributed by atoms with Gasteiger partial charge in [0.2, 0.25) is 0 Å². The first-order valence-electron chi connectivity index (χ1n) is 6.19. The van der Waals surface area contributed by atoms with Gasteiger partial charge in [-0.05, 0) is 25.0 Å². The van der Waals surface area contributed by atoms with E-state index in [0.717, 1.165) is 25.7 Å². The van der Waals surface area contributed by atoms with Crippen molar-refractivity contribution in [2.45, 2.75) is 37.7 Å². The Kier molecular flexibility index (Phi) is 3.84. The van der Waals surface area contributed by atoms with Crippen LogP contribution in [-0.4, -0.2) is 29.3 Å². The van der Waals surface area contributed by atoms with E-state index in [9.17, 15) is 5.11 Å². The molecule has 2 rings (SSSR count). The Labute approximate surface area is 102 Å². The minimum atomic E-state index is -0.583. The number of aliphatic hydroxyl groups is 1. The molecule has 1 saturated carbocycles. The van der Waals surface area contributed by atoms with Crippen LogP contribution in [0.4, 0.5) is 5.82 Å². The van der Waals surface area contributed by atoms with Gasteiger partial charge in [0.05, 0.1) is 12.7 Å². The van der Waals surface area contributed by atoms with Gasteiger partial charge in [-0.25, -0.2) is 4.98 Å². The molecule has 0 spiro atoms. The van der Waals surface area contributed by atoms with Crippen LogP contribution in [0.5, 0.6) is 5.75 Å². The van der Waals surface area contributed by atoms with E-state index in [1.165, 1.54) is 6.42 Å². The molecule has 94 valence electrons. The number of rotatable bonds is 4. The maximum Gasteiger partial charge on any atom is 0.168 e. The lowest BCUT2D eigenvalue weighted by atomic mass is 9.85. The standard InChI is InChI=1S/C13H20N2O2/c1-17-11-6-5-9-14-12(11)15-10-13(16)7-3-2-4-8-13/h5-6,9,16H,2-4,7-8,10H2,1H3,(H,14,15). The van der Waals surface area contributed by atoms with Crippen LogP contribution in [0.3, 0.4) is 0 Å². The molecule has 4 nitrogen and oxygen atoms in total. The third-order valence-corrected chi connectivity index (χ3v) is 3.36. The molecule has 1 fully saturated rings. The van der Waals surface area contributed by atoms with Crippen molar-refractivity contribution in [1.29, 1.82) is 0 Å². The number of nitrogens with zero attached hydrogens (tertiary/aromatic N) is 1. The number of nitrogens with one attached hydrogen (secondary N) is 1. The van der Waals surface area contributed by atoms with Crippen LogP contribution in [-0.2, 0) is 0 Å².